The van der Waals surface area contributed by atoms with Crippen molar-refractivity contribution in [3.05, 3.63) is 24.3 Å². The van der Waals surface area contributed by atoms with Crippen molar-refractivity contribution in [2.24, 2.45) is 5.41 Å². The van der Waals surface area contributed by atoms with Crippen molar-refractivity contribution in [1.82, 2.24) is 0 Å². The van der Waals surface area contributed by atoms with Crippen LogP contribution in [0.3, 0.4) is 0 Å². The molecule has 2 N–H and O–H groups in total. The summed E-state index contributed by atoms with van der Waals surface area (Å²) in [5.74, 6) is 0.0997. The molecule has 5 heteroatoms. The van der Waals surface area contributed by atoms with Gasteiger partial charge in [-0.25, -0.2) is 8.42 Å². The van der Waals surface area contributed by atoms with E-state index in [2.05, 4.69) is 5.32 Å². The van der Waals surface area contributed by atoms with Crippen LogP contribution in [-0.4, -0.2) is 31.9 Å². The van der Waals surface area contributed by atoms with Crippen LogP contribution in [0.25, 0.3) is 0 Å². The first-order valence-electron chi connectivity index (χ1n) is 6.41. The molecule has 0 aliphatic heterocycles. The van der Waals surface area contributed by atoms with E-state index in [4.69, 9.17) is 0 Å². The van der Waals surface area contributed by atoms with E-state index < -0.39 is 15.9 Å². The molecule has 108 valence electrons. The first-order chi connectivity index (χ1) is 8.66. The lowest BCUT2D eigenvalue weighted by atomic mass is 9.89. The highest BCUT2D eigenvalue weighted by atomic mass is 32.2. The van der Waals surface area contributed by atoms with Gasteiger partial charge in [0.25, 0.3) is 0 Å². The molecule has 1 aromatic carbocycles. The first-order valence-corrected chi connectivity index (χ1v) is 8.07. The highest BCUT2D eigenvalue weighted by molar-refractivity contribution is 7.91. The summed E-state index contributed by atoms with van der Waals surface area (Å²) in [5, 5.41) is 13.0. The molecule has 0 unspecified atom stereocenters. The number of nitrogens with one attached hydrogen (secondary N) is 1. The molecule has 1 rings (SSSR count). The summed E-state index contributed by atoms with van der Waals surface area (Å²) < 4.78 is 23.3. The zero-order valence-corrected chi connectivity index (χ0v) is 12.8. The van der Waals surface area contributed by atoms with Gasteiger partial charge in [0, 0.05) is 12.2 Å². The van der Waals surface area contributed by atoms with Gasteiger partial charge in [-0.3, -0.25) is 0 Å². The molecule has 0 aliphatic rings. The van der Waals surface area contributed by atoms with Crippen LogP contribution in [0, 0.1) is 5.41 Å². The van der Waals surface area contributed by atoms with Crippen molar-refractivity contribution in [3.8, 4) is 0 Å². The Morgan fingerprint density at radius 2 is 1.74 bits per heavy atom. The van der Waals surface area contributed by atoms with Crippen LogP contribution < -0.4 is 5.32 Å². The summed E-state index contributed by atoms with van der Waals surface area (Å²) in [7, 11) is -3.15. The van der Waals surface area contributed by atoms with Gasteiger partial charge in [0.1, 0.15) is 0 Å². The Morgan fingerprint density at radius 1 is 1.21 bits per heavy atom. The van der Waals surface area contributed by atoms with E-state index in [0.717, 1.165) is 5.69 Å². The van der Waals surface area contributed by atoms with Crippen molar-refractivity contribution < 1.29 is 13.5 Å². The van der Waals surface area contributed by atoms with Gasteiger partial charge in [-0.15, -0.1) is 0 Å². The third-order valence-electron chi connectivity index (χ3n) is 3.09. The predicted octanol–water partition coefficient (Wildman–Crippen LogP) is 2.30. The molecule has 4 nitrogen and oxygen atoms in total. The van der Waals surface area contributed by atoms with Gasteiger partial charge in [0.05, 0.1) is 16.8 Å². The fourth-order valence-corrected chi connectivity index (χ4v) is 2.35. The molecule has 1 aromatic rings. The summed E-state index contributed by atoms with van der Waals surface area (Å²) in [4.78, 5) is 0.330. The van der Waals surface area contributed by atoms with Gasteiger partial charge < -0.3 is 10.4 Å². The van der Waals surface area contributed by atoms with E-state index in [1.807, 2.05) is 20.8 Å². The molecule has 0 saturated carbocycles. The molecule has 1 atom stereocenters. The number of aliphatic hydroxyl groups is 1. The topological polar surface area (TPSA) is 66.4 Å². The van der Waals surface area contributed by atoms with Crippen LogP contribution in [0.15, 0.2) is 29.2 Å². The van der Waals surface area contributed by atoms with Gasteiger partial charge in [-0.05, 0) is 29.7 Å². The minimum Gasteiger partial charge on any atom is -0.391 e. The summed E-state index contributed by atoms with van der Waals surface area (Å²) in [6, 6.07) is 6.62. The first kappa shape index (κ1) is 16.0. The summed E-state index contributed by atoms with van der Waals surface area (Å²) >= 11 is 0. The van der Waals surface area contributed by atoms with E-state index in [1.165, 1.54) is 0 Å². The minimum absolute atomic E-state index is 0.0997. The Morgan fingerprint density at radius 3 is 2.16 bits per heavy atom. The molecule has 0 amide bonds. The number of anilines is 1. The van der Waals surface area contributed by atoms with E-state index in [9.17, 15) is 13.5 Å². The second kappa shape index (κ2) is 5.92. The molecule has 0 saturated heterocycles. The van der Waals surface area contributed by atoms with Gasteiger partial charge >= 0.3 is 0 Å². The third-order valence-corrected chi connectivity index (χ3v) is 4.84. The number of rotatable bonds is 5. The zero-order valence-electron chi connectivity index (χ0n) is 12.0. The third kappa shape index (κ3) is 4.51. The van der Waals surface area contributed by atoms with Gasteiger partial charge in [-0.2, -0.15) is 0 Å². The van der Waals surface area contributed by atoms with E-state index in [0.29, 0.717) is 11.4 Å². The largest absolute Gasteiger partial charge is 0.391 e. The van der Waals surface area contributed by atoms with Gasteiger partial charge in [0.15, 0.2) is 9.84 Å². The highest BCUT2D eigenvalue weighted by Crippen LogP contribution is 2.20. The minimum atomic E-state index is -3.15. The highest BCUT2D eigenvalue weighted by Gasteiger charge is 2.21. The van der Waals surface area contributed by atoms with Crippen LogP contribution >= 0.6 is 0 Å². The van der Waals surface area contributed by atoms with Crippen LogP contribution in [-0.2, 0) is 9.84 Å². The average molecular weight is 285 g/mol. The molecule has 0 aromatic heterocycles. The summed E-state index contributed by atoms with van der Waals surface area (Å²) in [6.07, 6.45) is -0.466. The number of sulfone groups is 1. The standard InChI is InChI=1S/C14H23NO3S/c1-5-19(17,18)12-8-6-11(7-9-12)15-10-13(16)14(2,3)4/h6-9,13,15-16H,5,10H2,1-4H3/t13-/m1/s1. The van der Waals surface area contributed by atoms with Crippen molar-refractivity contribution in [2.75, 3.05) is 17.6 Å². The zero-order chi connectivity index (χ0) is 14.7. The molecule has 0 aliphatic carbocycles. The Hall–Kier alpha value is -1.07. The molecule has 0 bridgehead atoms. The van der Waals surface area contributed by atoms with Crippen LogP contribution in [0.1, 0.15) is 27.7 Å². The van der Waals surface area contributed by atoms with Gasteiger partial charge in [0.2, 0.25) is 0 Å². The van der Waals surface area contributed by atoms with Crippen molar-refractivity contribution >= 4 is 15.5 Å². The average Bonchev–Trinajstić information content (AvgIpc) is 2.35. The smallest absolute Gasteiger partial charge is 0.178 e. The second-order valence-corrected chi connectivity index (χ2v) is 7.97. The number of hydrogen-bond donors (Lipinski definition) is 2. The Kier molecular flexibility index (Phi) is 4.98. The molecule has 0 fully saturated rings. The maximum Gasteiger partial charge on any atom is 0.178 e. The number of aliphatic hydroxyl groups excluding tert-OH is 1. The van der Waals surface area contributed by atoms with E-state index >= 15 is 0 Å². The molecule has 0 radical (unpaired) electrons. The second-order valence-electron chi connectivity index (χ2n) is 5.69. The monoisotopic (exact) mass is 285 g/mol. The maximum atomic E-state index is 11.6. The van der Waals surface area contributed by atoms with E-state index in [1.54, 1.807) is 31.2 Å². The fourth-order valence-electron chi connectivity index (χ4n) is 1.47. The van der Waals surface area contributed by atoms with Gasteiger partial charge in [-0.1, -0.05) is 27.7 Å². The van der Waals surface area contributed by atoms with Crippen molar-refractivity contribution in [1.29, 1.82) is 0 Å². The SMILES string of the molecule is CCS(=O)(=O)c1ccc(NC[C@@H](O)C(C)(C)C)cc1. The quantitative estimate of drug-likeness (QED) is 0.871. The number of hydrogen-bond acceptors (Lipinski definition) is 4. The molecule has 0 spiro atoms. The lowest BCUT2D eigenvalue weighted by Crippen LogP contribution is -2.32. The lowest BCUT2D eigenvalue weighted by Gasteiger charge is -2.26. The van der Waals surface area contributed by atoms with Crippen molar-refractivity contribution in [3.63, 3.8) is 0 Å². The molecular formula is C14H23NO3S. The summed E-state index contributed by atoms with van der Waals surface area (Å²) in [6.45, 7) is 7.97. The normalized spacial score (nSPS) is 14.2. The van der Waals surface area contributed by atoms with E-state index in [-0.39, 0.29) is 11.2 Å². The van der Waals surface area contributed by atoms with Crippen LogP contribution in [0.4, 0.5) is 5.69 Å². The maximum absolute atomic E-state index is 11.6. The molecular weight excluding hydrogens is 262 g/mol. The summed E-state index contributed by atoms with van der Waals surface area (Å²) in [5.41, 5.74) is 0.622. The lowest BCUT2D eigenvalue weighted by molar-refractivity contribution is 0.0746. The Bertz CT molecular complexity index is 500. The van der Waals surface area contributed by atoms with Crippen LogP contribution in [0.5, 0.6) is 0 Å². The number of benzene rings is 1. The Balaban J connectivity index is 2.69. The van der Waals surface area contributed by atoms with Crippen LogP contribution in [0.2, 0.25) is 0 Å². The molecule has 19 heavy (non-hydrogen) atoms. The van der Waals surface area contributed by atoms with Crippen molar-refractivity contribution in [2.45, 2.75) is 38.7 Å². The fraction of sp³-hybridized carbons (Fsp3) is 0.571. The predicted molar refractivity (Wildman–Crippen MR) is 78.1 cm³/mol. The Labute approximate surface area is 115 Å². The molecule has 0 heterocycles.